The van der Waals surface area contributed by atoms with Crippen LogP contribution in [-0.4, -0.2) is 6.79 Å². The lowest BCUT2D eigenvalue weighted by Gasteiger charge is -2.05. The standard InChI is InChI=1S/C22H16O2/c1-14-6-8-18-19(10-14)16-4-2-3-5-17(16)20(18)11-15-7-9-21-22(12-15)24-13-23-21/h2-12H,13H2,1H3/b20-11-. The number of rotatable bonds is 1. The molecule has 24 heavy (non-hydrogen) atoms. The lowest BCUT2D eigenvalue weighted by Crippen LogP contribution is -1.92. The van der Waals surface area contributed by atoms with E-state index in [1.807, 2.05) is 12.1 Å². The molecular weight excluding hydrogens is 296 g/mol. The minimum atomic E-state index is 0.306. The molecule has 0 fully saturated rings. The van der Waals surface area contributed by atoms with Crippen LogP contribution in [0.15, 0.2) is 60.7 Å². The molecule has 0 saturated heterocycles. The Balaban J connectivity index is 1.71. The van der Waals surface area contributed by atoms with Crippen molar-refractivity contribution >= 4 is 11.6 Å². The second-order valence-electron chi connectivity index (χ2n) is 6.27. The molecule has 2 nitrogen and oxygen atoms in total. The molecule has 2 heteroatoms. The van der Waals surface area contributed by atoms with E-state index in [1.165, 1.54) is 33.4 Å². The summed E-state index contributed by atoms with van der Waals surface area (Å²) in [7, 11) is 0. The largest absolute Gasteiger partial charge is 0.454 e. The van der Waals surface area contributed by atoms with Gasteiger partial charge in [-0.15, -0.1) is 0 Å². The van der Waals surface area contributed by atoms with E-state index in [2.05, 4.69) is 61.5 Å². The molecule has 0 radical (unpaired) electrons. The van der Waals surface area contributed by atoms with Crippen LogP contribution >= 0.6 is 0 Å². The minimum Gasteiger partial charge on any atom is -0.454 e. The number of fused-ring (bicyclic) bond motifs is 4. The van der Waals surface area contributed by atoms with Gasteiger partial charge in [0.1, 0.15) is 0 Å². The van der Waals surface area contributed by atoms with Crippen molar-refractivity contribution in [1.82, 2.24) is 0 Å². The van der Waals surface area contributed by atoms with Gasteiger partial charge in [-0.25, -0.2) is 0 Å². The van der Waals surface area contributed by atoms with Crippen LogP contribution in [0.1, 0.15) is 22.3 Å². The quantitative estimate of drug-likeness (QED) is 0.475. The first-order valence-corrected chi connectivity index (χ1v) is 8.12. The number of hydrogen-bond donors (Lipinski definition) is 0. The second kappa shape index (κ2) is 5.00. The maximum atomic E-state index is 5.51. The van der Waals surface area contributed by atoms with Gasteiger partial charge in [-0.1, -0.05) is 54.1 Å². The van der Waals surface area contributed by atoms with E-state index >= 15 is 0 Å². The Labute approximate surface area is 141 Å². The van der Waals surface area contributed by atoms with Gasteiger partial charge in [0.05, 0.1) is 0 Å². The van der Waals surface area contributed by atoms with Crippen molar-refractivity contribution in [3.05, 3.63) is 82.9 Å². The van der Waals surface area contributed by atoms with Gasteiger partial charge in [0.2, 0.25) is 6.79 Å². The number of benzene rings is 3. The molecule has 0 spiro atoms. The molecule has 1 aliphatic carbocycles. The van der Waals surface area contributed by atoms with E-state index in [4.69, 9.17) is 9.47 Å². The van der Waals surface area contributed by atoms with E-state index in [1.54, 1.807) is 0 Å². The van der Waals surface area contributed by atoms with Crippen molar-refractivity contribution in [1.29, 1.82) is 0 Å². The summed E-state index contributed by atoms with van der Waals surface area (Å²) in [5.41, 5.74) is 8.88. The molecule has 0 N–H and O–H groups in total. The van der Waals surface area contributed by atoms with Gasteiger partial charge >= 0.3 is 0 Å². The van der Waals surface area contributed by atoms with Crippen molar-refractivity contribution in [3.63, 3.8) is 0 Å². The lowest BCUT2D eigenvalue weighted by atomic mass is 10.0. The van der Waals surface area contributed by atoms with Gasteiger partial charge in [-0.2, -0.15) is 0 Å². The molecular formula is C22H16O2. The fourth-order valence-electron chi connectivity index (χ4n) is 3.54. The van der Waals surface area contributed by atoms with Gasteiger partial charge in [-0.05, 0) is 58.5 Å². The van der Waals surface area contributed by atoms with Crippen molar-refractivity contribution in [3.8, 4) is 22.6 Å². The van der Waals surface area contributed by atoms with Crippen LogP contribution in [0.4, 0.5) is 0 Å². The molecule has 0 aromatic heterocycles. The Kier molecular flexibility index (Phi) is 2.80. The SMILES string of the molecule is Cc1ccc2c(c1)-c1ccccc1/C2=C/c1ccc2c(c1)OCO2. The Morgan fingerprint density at radius 2 is 1.54 bits per heavy atom. The molecule has 1 heterocycles. The number of hydrogen-bond acceptors (Lipinski definition) is 2. The Hall–Kier alpha value is -3.00. The van der Waals surface area contributed by atoms with Crippen LogP contribution in [0, 0.1) is 6.92 Å². The second-order valence-corrected chi connectivity index (χ2v) is 6.27. The highest BCUT2D eigenvalue weighted by Crippen LogP contribution is 2.45. The van der Waals surface area contributed by atoms with Crippen LogP contribution in [-0.2, 0) is 0 Å². The van der Waals surface area contributed by atoms with Gasteiger partial charge in [-0.3, -0.25) is 0 Å². The van der Waals surface area contributed by atoms with Gasteiger partial charge < -0.3 is 9.47 Å². The summed E-state index contributed by atoms with van der Waals surface area (Å²) in [6, 6.07) is 21.4. The van der Waals surface area contributed by atoms with Crippen LogP contribution in [0.3, 0.4) is 0 Å². The van der Waals surface area contributed by atoms with Crippen molar-refractivity contribution in [2.24, 2.45) is 0 Å². The topological polar surface area (TPSA) is 18.5 Å². The summed E-state index contributed by atoms with van der Waals surface area (Å²) >= 11 is 0. The maximum Gasteiger partial charge on any atom is 0.231 e. The van der Waals surface area contributed by atoms with Gasteiger partial charge in [0.25, 0.3) is 0 Å². The first-order chi connectivity index (χ1) is 11.8. The highest BCUT2D eigenvalue weighted by Gasteiger charge is 2.23. The molecule has 1 aliphatic heterocycles. The molecule has 0 bridgehead atoms. The summed E-state index contributed by atoms with van der Waals surface area (Å²) in [6.07, 6.45) is 2.24. The molecule has 2 aliphatic rings. The van der Waals surface area contributed by atoms with Crippen molar-refractivity contribution in [2.45, 2.75) is 6.92 Å². The highest BCUT2D eigenvalue weighted by molar-refractivity contribution is 6.06. The van der Waals surface area contributed by atoms with E-state index < -0.39 is 0 Å². The van der Waals surface area contributed by atoms with E-state index in [0.29, 0.717) is 6.79 Å². The fraction of sp³-hybridized carbons (Fsp3) is 0.0909. The summed E-state index contributed by atoms with van der Waals surface area (Å²) in [5, 5.41) is 0. The molecule has 0 unspecified atom stereocenters. The number of ether oxygens (including phenoxy) is 2. The zero-order valence-corrected chi connectivity index (χ0v) is 13.4. The molecule has 0 amide bonds. The maximum absolute atomic E-state index is 5.51. The number of aryl methyl sites for hydroxylation is 1. The average molecular weight is 312 g/mol. The first kappa shape index (κ1) is 13.4. The third kappa shape index (κ3) is 1.96. The summed E-state index contributed by atoms with van der Waals surface area (Å²) in [6.45, 7) is 2.45. The van der Waals surface area contributed by atoms with Crippen LogP contribution < -0.4 is 9.47 Å². The predicted octanol–water partition coefficient (Wildman–Crippen LogP) is 5.29. The summed E-state index contributed by atoms with van der Waals surface area (Å²) in [4.78, 5) is 0. The van der Waals surface area contributed by atoms with Gasteiger partial charge in [0.15, 0.2) is 11.5 Å². The highest BCUT2D eigenvalue weighted by atomic mass is 16.7. The molecule has 0 atom stereocenters. The molecule has 3 aromatic rings. The van der Waals surface area contributed by atoms with Crippen LogP contribution in [0.2, 0.25) is 0 Å². The lowest BCUT2D eigenvalue weighted by molar-refractivity contribution is 0.174. The van der Waals surface area contributed by atoms with Gasteiger partial charge in [0, 0.05) is 0 Å². The third-order valence-electron chi connectivity index (χ3n) is 4.68. The normalized spacial score (nSPS) is 15.5. The zero-order chi connectivity index (χ0) is 16.1. The average Bonchev–Trinajstić information content (AvgIpc) is 3.18. The Morgan fingerprint density at radius 3 is 2.46 bits per heavy atom. The molecule has 5 rings (SSSR count). The van der Waals surface area contributed by atoms with E-state index in [0.717, 1.165) is 17.1 Å². The minimum absolute atomic E-state index is 0.306. The van der Waals surface area contributed by atoms with E-state index in [-0.39, 0.29) is 0 Å². The smallest absolute Gasteiger partial charge is 0.231 e. The predicted molar refractivity (Wildman–Crippen MR) is 96.2 cm³/mol. The third-order valence-corrected chi connectivity index (χ3v) is 4.68. The first-order valence-electron chi connectivity index (χ1n) is 8.12. The molecule has 3 aromatic carbocycles. The van der Waals surface area contributed by atoms with Crippen molar-refractivity contribution in [2.75, 3.05) is 6.79 Å². The van der Waals surface area contributed by atoms with E-state index in [9.17, 15) is 0 Å². The van der Waals surface area contributed by atoms with Crippen LogP contribution in [0.5, 0.6) is 11.5 Å². The molecule has 0 saturated carbocycles. The Morgan fingerprint density at radius 1 is 0.750 bits per heavy atom. The molecule has 116 valence electrons. The van der Waals surface area contributed by atoms with Crippen molar-refractivity contribution < 1.29 is 9.47 Å². The Bertz CT molecular complexity index is 999. The van der Waals surface area contributed by atoms with Crippen LogP contribution in [0.25, 0.3) is 22.8 Å². The monoisotopic (exact) mass is 312 g/mol. The summed E-state index contributed by atoms with van der Waals surface area (Å²) in [5.74, 6) is 1.64. The fourth-order valence-corrected chi connectivity index (χ4v) is 3.54. The summed E-state index contributed by atoms with van der Waals surface area (Å²) < 4.78 is 10.9. The zero-order valence-electron chi connectivity index (χ0n) is 13.4.